The van der Waals surface area contributed by atoms with Crippen molar-refractivity contribution in [1.29, 1.82) is 0 Å². The van der Waals surface area contributed by atoms with Crippen molar-refractivity contribution in [1.82, 2.24) is 14.7 Å². The minimum Gasteiger partial charge on any atom is -0.409 e. The number of hydrogen-bond acceptors (Lipinski definition) is 6. The van der Waals surface area contributed by atoms with Crippen LogP contribution in [0.3, 0.4) is 0 Å². The molecule has 1 saturated heterocycles. The van der Waals surface area contributed by atoms with Gasteiger partial charge in [0.1, 0.15) is 0 Å². The summed E-state index contributed by atoms with van der Waals surface area (Å²) in [5, 5.41) is 4.51. The summed E-state index contributed by atoms with van der Waals surface area (Å²) in [6.07, 6.45) is 2.71. The van der Waals surface area contributed by atoms with E-state index in [1.54, 1.807) is 4.68 Å². The van der Waals surface area contributed by atoms with Gasteiger partial charge in [-0.05, 0) is 43.3 Å². The summed E-state index contributed by atoms with van der Waals surface area (Å²) in [6, 6.07) is 7.69. The molecule has 1 aliphatic rings. The minimum atomic E-state index is -2.94. The number of nitrogens with zero attached hydrogens (tertiary/aromatic N) is 3. The highest BCUT2D eigenvalue weighted by Crippen LogP contribution is 2.23. The maximum Gasteiger partial charge on any atom is 0.288 e. The highest BCUT2D eigenvalue weighted by atomic mass is 79.9. The van der Waals surface area contributed by atoms with Crippen LogP contribution in [-0.2, 0) is 16.5 Å². The fourth-order valence-electron chi connectivity index (χ4n) is 3.10. The van der Waals surface area contributed by atoms with Crippen molar-refractivity contribution < 1.29 is 12.8 Å². The van der Waals surface area contributed by atoms with Crippen molar-refractivity contribution in [2.75, 3.05) is 18.1 Å². The molecule has 1 aromatic heterocycles. The molecule has 0 amide bonds. The van der Waals surface area contributed by atoms with Gasteiger partial charge in [0, 0.05) is 22.6 Å². The summed E-state index contributed by atoms with van der Waals surface area (Å²) in [4.78, 5) is 2.46. The Morgan fingerprint density at radius 3 is 2.92 bits per heavy atom. The highest BCUT2D eigenvalue weighted by molar-refractivity contribution is 9.10. The van der Waals surface area contributed by atoms with Crippen LogP contribution in [0.4, 0.5) is 0 Å². The maximum atomic E-state index is 11.9. The van der Waals surface area contributed by atoms with Crippen molar-refractivity contribution in [3.05, 3.63) is 33.6 Å². The van der Waals surface area contributed by atoms with Gasteiger partial charge in [-0.2, -0.15) is 0 Å². The summed E-state index contributed by atoms with van der Waals surface area (Å²) in [7, 11) is -2.94. The second-order valence-electron chi connectivity index (χ2n) is 6.55. The van der Waals surface area contributed by atoms with Crippen LogP contribution in [0.2, 0.25) is 0 Å². The van der Waals surface area contributed by atoms with Crippen molar-refractivity contribution in [3.8, 4) is 11.5 Å². The molecule has 0 spiro atoms. The van der Waals surface area contributed by atoms with Gasteiger partial charge < -0.3 is 4.42 Å². The van der Waals surface area contributed by atoms with Crippen LogP contribution in [-0.4, -0.2) is 47.2 Å². The van der Waals surface area contributed by atoms with Gasteiger partial charge in [0.25, 0.3) is 4.84 Å². The van der Waals surface area contributed by atoms with Gasteiger partial charge in [0.05, 0.1) is 18.2 Å². The Labute approximate surface area is 167 Å². The molecule has 0 N–H and O–H groups in total. The Morgan fingerprint density at radius 2 is 2.27 bits per heavy atom. The lowest BCUT2D eigenvalue weighted by molar-refractivity contribution is 0.151. The van der Waals surface area contributed by atoms with Crippen LogP contribution >= 0.6 is 28.1 Å². The Morgan fingerprint density at radius 1 is 1.46 bits per heavy atom. The molecule has 26 heavy (non-hydrogen) atoms. The molecule has 3 rings (SSSR count). The van der Waals surface area contributed by atoms with Gasteiger partial charge in [-0.25, -0.2) is 13.1 Å². The number of rotatable bonds is 7. The molecule has 9 heteroatoms. The fourth-order valence-corrected chi connectivity index (χ4v) is 5.44. The van der Waals surface area contributed by atoms with E-state index in [1.807, 2.05) is 24.3 Å². The lowest BCUT2D eigenvalue weighted by Gasteiger charge is -2.27. The molecular formula is C17H22BrN3O3S2. The first-order valence-electron chi connectivity index (χ1n) is 8.66. The van der Waals surface area contributed by atoms with E-state index in [4.69, 9.17) is 16.6 Å². The van der Waals surface area contributed by atoms with Gasteiger partial charge >= 0.3 is 0 Å². The molecule has 0 saturated carbocycles. The average Bonchev–Trinajstić information content (AvgIpc) is 3.14. The van der Waals surface area contributed by atoms with Gasteiger partial charge in [0.15, 0.2) is 9.84 Å². The molecule has 2 heterocycles. The smallest absolute Gasteiger partial charge is 0.288 e. The predicted octanol–water partition coefficient (Wildman–Crippen LogP) is 3.88. The molecule has 1 aliphatic heterocycles. The van der Waals surface area contributed by atoms with Gasteiger partial charge in [-0.1, -0.05) is 35.3 Å². The zero-order valence-corrected chi connectivity index (χ0v) is 17.8. The van der Waals surface area contributed by atoms with Crippen molar-refractivity contribution in [3.63, 3.8) is 0 Å². The van der Waals surface area contributed by atoms with Crippen LogP contribution in [0.1, 0.15) is 26.2 Å². The van der Waals surface area contributed by atoms with E-state index >= 15 is 0 Å². The quantitative estimate of drug-likeness (QED) is 0.585. The Hall–Kier alpha value is -1.03. The van der Waals surface area contributed by atoms with Crippen molar-refractivity contribution >= 4 is 38.0 Å². The van der Waals surface area contributed by atoms with Gasteiger partial charge in [-0.3, -0.25) is 4.90 Å². The summed E-state index contributed by atoms with van der Waals surface area (Å²) >= 11 is 8.77. The Kier molecular flexibility index (Phi) is 6.32. The monoisotopic (exact) mass is 459 g/mol. The second-order valence-corrected chi connectivity index (χ2v) is 10.0. The zero-order chi connectivity index (χ0) is 18.7. The summed E-state index contributed by atoms with van der Waals surface area (Å²) < 4.78 is 32.0. The topological polar surface area (TPSA) is 68.3 Å². The number of sulfone groups is 1. The van der Waals surface area contributed by atoms with Crippen LogP contribution in [0.25, 0.3) is 11.5 Å². The third kappa shape index (κ3) is 4.82. The van der Waals surface area contributed by atoms with E-state index in [1.165, 1.54) is 0 Å². The molecule has 1 aromatic carbocycles. The van der Waals surface area contributed by atoms with E-state index in [2.05, 4.69) is 32.9 Å². The highest BCUT2D eigenvalue weighted by Gasteiger charge is 2.32. The molecule has 142 valence electrons. The number of aromatic nitrogens is 2. The van der Waals surface area contributed by atoms with Crippen LogP contribution < -0.4 is 0 Å². The number of hydrogen-bond donors (Lipinski definition) is 0. The van der Waals surface area contributed by atoms with Crippen LogP contribution in [0.5, 0.6) is 0 Å². The van der Waals surface area contributed by atoms with E-state index in [-0.39, 0.29) is 17.5 Å². The van der Waals surface area contributed by atoms with E-state index in [0.717, 1.165) is 29.4 Å². The standard InChI is InChI=1S/C17H22BrN3O3S2/c1-2-3-8-20(15-7-9-26(22,23)11-15)12-21-17(25)24-16(19-21)13-5-4-6-14(18)10-13/h4-6,10,15H,2-3,7-9,11-12H2,1H3. The second kappa shape index (κ2) is 8.33. The van der Waals surface area contributed by atoms with Gasteiger partial charge in [-0.15, -0.1) is 5.10 Å². The molecule has 0 aliphatic carbocycles. The molecule has 1 atom stereocenters. The summed E-state index contributed by atoms with van der Waals surface area (Å²) in [6.45, 7) is 3.38. The van der Waals surface area contributed by atoms with E-state index < -0.39 is 9.84 Å². The number of halogens is 1. The lowest BCUT2D eigenvalue weighted by atomic mass is 10.2. The number of unbranched alkanes of at least 4 members (excludes halogenated alkanes) is 1. The first-order valence-corrected chi connectivity index (χ1v) is 11.7. The van der Waals surface area contributed by atoms with Crippen molar-refractivity contribution in [2.24, 2.45) is 0 Å². The Balaban J connectivity index is 1.81. The summed E-state index contributed by atoms with van der Waals surface area (Å²) in [5.74, 6) is 0.930. The van der Waals surface area contributed by atoms with Crippen LogP contribution in [0, 0.1) is 4.84 Å². The molecule has 1 unspecified atom stereocenters. The van der Waals surface area contributed by atoms with Crippen molar-refractivity contribution in [2.45, 2.75) is 38.9 Å². The molecular weight excluding hydrogens is 438 g/mol. The minimum absolute atomic E-state index is 0.0134. The lowest BCUT2D eigenvalue weighted by Crippen LogP contribution is -2.38. The first kappa shape index (κ1) is 19.7. The van der Waals surface area contributed by atoms with Crippen LogP contribution in [0.15, 0.2) is 33.2 Å². The molecule has 0 radical (unpaired) electrons. The maximum absolute atomic E-state index is 11.9. The third-order valence-corrected chi connectivity index (χ3v) is 7.05. The summed E-state index contributed by atoms with van der Waals surface area (Å²) in [5.41, 5.74) is 0.841. The SMILES string of the molecule is CCCCN(Cn1nc(-c2cccc(Br)c2)oc1=S)C1CCS(=O)(=O)C1. The van der Waals surface area contributed by atoms with Gasteiger partial charge in [0.2, 0.25) is 5.89 Å². The molecule has 1 fully saturated rings. The molecule has 2 aromatic rings. The normalized spacial score (nSPS) is 19.3. The largest absolute Gasteiger partial charge is 0.409 e. The molecule has 6 nitrogen and oxygen atoms in total. The predicted molar refractivity (Wildman–Crippen MR) is 107 cm³/mol. The zero-order valence-electron chi connectivity index (χ0n) is 14.6. The number of benzene rings is 1. The first-order chi connectivity index (χ1) is 12.4. The third-order valence-electron chi connectivity index (χ3n) is 4.52. The molecule has 0 bridgehead atoms. The van der Waals surface area contributed by atoms with E-state index in [0.29, 0.717) is 23.8 Å². The Bertz CT molecular complexity index is 923. The van der Waals surface area contributed by atoms with E-state index in [9.17, 15) is 8.42 Å². The average molecular weight is 460 g/mol. The fraction of sp³-hybridized carbons (Fsp3) is 0.529.